The summed E-state index contributed by atoms with van der Waals surface area (Å²) in [6.45, 7) is 3.08. The molecule has 0 radical (unpaired) electrons. The van der Waals surface area contributed by atoms with Gasteiger partial charge in [0, 0.05) is 12.2 Å². The van der Waals surface area contributed by atoms with Crippen molar-refractivity contribution in [2.75, 3.05) is 13.2 Å². The number of carbonyl (C=O) groups excluding carboxylic acids is 2. The number of rotatable bonds is 9. The van der Waals surface area contributed by atoms with Gasteiger partial charge in [-0.1, -0.05) is 0 Å². The molecule has 0 spiro atoms. The Morgan fingerprint density at radius 3 is 2.19 bits per heavy atom. The first kappa shape index (κ1) is 20.5. The van der Waals surface area contributed by atoms with Crippen LogP contribution >= 0.6 is 0 Å². The molecule has 0 aliphatic carbocycles. The minimum absolute atomic E-state index is 0.205. The molecule has 3 aromatic heterocycles. The molecule has 162 valence electrons. The van der Waals surface area contributed by atoms with Gasteiger partial charge in [0.25, 0.3) is 0 Å². The summed E-state index contributed by atoms with van der Waals surface area (Å²) in [6, 6.07) is 9.56. The average molecular weight is 425 g/mol. The first-order valence-corrected chi connectivity index (χ1v) is 9.92. The van der Waals surface area contributed by atoms with E-state index < -0.39 is 18.0 Å². The van der Waals surface area contributed by atoms with Crippen LogP contribution in [0.2, 0.25) is 0 Å². The van der Waals surface area contributed by atoms with Gasteiger partial charge in [0.1, 0.15) is 23.3 Å². The van der Waals surface area contributed by atoms with Crippen LogP contribution in [0.3, 0.4) is 0 Å². The highest BCUT2D eigenvalue weighted by Crippen LogP contribution is 2.29. The molecule has 1 unspecified atom stereocenters. The molecule has 2 N–H and O–H groups in total. The molecule has 9 heteroatoms. The second-order valence-electron chi connectivity index (χ2n) is 6.96. The molecule has 0 saturated heterocycles. The molecule has 2 amide bonds. The predicted molar refractivity (Wildman–Crippen MR) is 108 cm³/mol. The molecule has 4 rings (SSSR count). The Morgan fingerprint density at radius 1 is 1.00 bits per heavy atom. The van der Waals surface area contributed by atoms with Crippen LogP contribution in [0, 0.1) is 0 Å². The van der Waals surface area contributed by atoms with Gasteiger partial charge in [-0.05, 0) is 43.3 Å². The molecule has 3 aromatic rings. The number of carbonyl (C=O) groups is 2. The number of hydrogen-bond acceptors (Lipinski definition) is 7. The SMILES string of the molecule is CCOC(=O)C1=C(CN(Cc2ccco2)Cc2ccco2)NC(=O)NC1c1ccco1. The smallest absolute Gasteiger partial charge is 0.338 e. The van der Waals surface area contributed by atoms with E-state index in [0.717, 1.165) is 11.5 Å². The summed E-state index contributed by atoms with van der Waals surface area (Å²) in [7, 11) is 0. The van der Waals surface area contributed by atoms with E-state index in [1.54, 1.807) is 31.6 Å². The van der Waals surface area contributed by atoms with Gasteiger partial charge in [0.2, 0.25) is 0 Å². The average Bonchev–Trinajstić information content (AvgIpc) is 3.51. The lowest BCUT2D eigenvalue weighted by Gasteiger charge is -2.30. The maximum absolute atomic E-state index is 12.9. The summed E-state index contributed by atoms with van der Waals surface area (Å²) in [4.78, 5) is 27.3. The van der Waals surface area contributed by atoms with Crippen molar-refractivity contribution in [3.05, 3.63) is 83.7 Å². The lowest BCUT2D eigenvalue weighted by molar-refractivity contribution is -0.139. The van der Waals surface area contributed by atoms with Crippen molar-refractivity contribution >= 4 is 12.0 Å². The lowest BCUT2D eigenvalue weighted by Crippen LogP contribution is -2.48. The minimum Gasteiger partial charge on any atom is -0.468 e. The highest BCUT2D eigenvalue weighted by molar-refractivity contribution is 5.95. The summed E-state index contributed by atoms with van der Waals surface area (Å²) in [5, 5.41) is 5.52. The van der Waals surface area contributed by atoms with Gasteiger partial charge in [-0.2, -0.15) is 0 Å². The summed E-state index contributed by atoms with van der Waals surface area (Å²) >= 11 is 0. The Bertz CT molecular complexity index is 985. The predicted octanol–water partition coefficient (Wildman–Crippen LogP) is 3.34. The first-order valence-electron chi connectivity index (χ1n) is 9.92. The van der Waals surface area contributed by atoms with Crippen LogP contribution in [0.15, 0.2) is 79.7 Å². The van der Waals surface area contributed by atoms with E-state index in [2.05, 4.69) is 10.6 Å². The van der Waals surface area contributed by atoms with E-state index in [-0.39, 0.29) is 13.2 Å². The topological polar surface area (TPSA) is 110 Å². The van der Waals surface area contributed by atoms with E-state index in [4.69, 9.17) is 18.0 Å². The summed E-state index contributed by atoms with van der Waals surface area (Å²) in [6.07, 6.45) is 4.69. The maximum atomic E-state index is 12.9. The van der Waals surface area contributed by atoms with Gasteiger partial charge in [-0.25, -0.2) is 9.59 Å². The van der Waals surface area contributed by atoms with Crippen LogP contribution in [0.4, 0.5) is 4.79 Å². The van der Waals surface area contributed by atoms with E-state index in [0.29, 0.717) is 30.1 Å². The molecular formula is C22H23N3O6. The first-order chi connectivity index (χ1) is 15.1. The molecule has 1 aliphatic heterocycles. The number of furan rings is 3. The number of urea groups is 1. The van der Waals surface area contributed by atoms with Crippen LogP contribution < -0.4 is 10.6 Å². The van der Waals surface area contributed by atoms with Gasteiger partial charge in [-0.15, -0.1) is 0 Å². The molecule has 0 bridgehead atoms. The van der Waals surface area contributed by atoms with Crippen LogP contribution in [0.25, 0.3) is 0 Å². The molecule has 4 heterocycles. The Morgan fingerprint density at radius 2 is 1.65 bits per heavy atom. The molecule has 0 fully saturated rings. The zero-order valence-corrected chi connectivity index (χ0v) is 17.0. The second-order valence-corrected chi connectivity index (χ2v) is 6.96. The van der Waals surface area contributed by atoms with Gasteiger partial charge in [0.05, 0.1) is 44.1 Å². The van der Waals surface area contributed by atoms with Crippen LogP contribution in [-0.2, 0) is 22.6 Å². The molecular weight excluding hydrogens is 402 g/mol. The summed E-state index contributed by atoms with van der Waals surface area (Å²) in [5.41, 5.74) is 0.724. The molecule has 1 aliphatic rings. The minimum atomic E-state index is -0.758. The van der Waals surface area contributed by atoms with Crippen molar-refractivity contribution in [2.24, 2.45) is 0 Å². The molecule has 0 saturated carbocycles. The highest BCUT2D eigenvalue weighted by Gasteiger charge is 2.36. The lowest BCUT2D eigenvalue weighted by atomic mass is 9.99. The standard InChI is InChI=1S/C22H23N3O6/c1-2-28-21(26)19-17(23-22(27)24-20(19)18-8-5-11-31-18)14-25(12-15-6-3-9-29-15)13-16-7-4-10-30-16/h3-11,20H,2,12-14H2,1H3,(H2,23,24,27). The number of hydrogen-bond donors (Lipinski definition) is 2. The van der Waals surface area contributed by atoms with Crippen LogP contribution in [0.1, 0.15) is 30.2 Å². The Hall–Kier alpha value is -3.72. The van der Waals surface area contributed by atoms with Crippen molar-refractivity contribution in [1.82, 2.24) is 15.5 Å². The van der Waals surface area contributed by atoms with Gasteiger partial charge >= 0.3 is 12.0 Å². The monoisotopic (exact) mass is 425 g/mol. The van der Waals surface area contributed by atoms with Crippen LogP contribution in [-0.4, -0.2) is 30.1 Å². The van der Waals surface area contributed by atoms with Gasteiger partial charge < -0.3 is 28.6 Å². The molecule has 31 heavy (non-hydrogen) atoms. The van der Waals surface area contributed by atoms with E-state index in [9.17, 15) is 9.59 Å². The molecule has 9 nitrogen and oxygen atoms in total. The Labute approximate surface area is 178 Å². The highest BCUT2D eigenvalue weighted by atomic mass is 16.5. The zero-order valence-electron chi connectivity index (χ0n) is 17.0. The largest absolute Gasteiger partial charge is 0.468 e. The normalized spacial score (nSPS) is 16.3. The third-order valence-corrected chi connectivity index (χ3v) is 4.78. The van der Waals surface area contributed by atoms with Crippen molar-refractivity contribution < 1.29 is 27.6 Å². The van der Waals surface area contributed by atoms with Crippen molar-refractivity contribution in [3.63, 3.8) is 0 Å². The molecule has 0 aromatic carbocycles. The molecule has 1 atom stereocenters. The van der Waals surface area contributed by atoms with Crippen LogP contribution in [0.5, 0.6) is 0 Å². The van der Waals surface area contributed by atoms with E-state index >= 15 is 0 Å². The van der Waals surface area contributed by atoms with Crippen molar-refractivity contribution in [1.29, 1.82) is 0 Å². The number of esters is 1. The number of nitrogens with one attached hydrogen (secondary N) is 2. The second kappa shape index (κ2) is 9.40. The maximum Gasteiger partial charge on any atom is 0.338 e. The fourth-order valence-corrected chi connectivity index (χ4v) is 3.50. The zero-order chi connectivity index (χ0) is 21.6. The van der Waals surface area contributed by atoms with E-state index in [1.807, 2.05) is 29.2 Å². The number of nitrogens with zero attached hydrogens (tertiary/aromatic N) is 1. The summed E-state index contributed by atoms with van der Waals surface area (Å²) < 4.78 is 21.7. The number of ether oxygens (including phenoxy) is 1. The van der Waals surface area contributed by atoms with Crippen molar-refractivity contribution in [2.45, 2.75) is 26.1 Å². The third-order valence-electron chi connectivity index (χ3n) is 4.78. The fraction of sp³-hybridized carbons (Fsp3) is 0.273. The Balaban J connectivity index is 1.68. The third kappa shape index (κ3) is 4.89. The quantitative estimate of drug-likeness (QED) is 0.506. The number of amides is 2. The van der Waals surface area contributed by atoms with E-state index in [1.165, 1.54) is 6.26 Å². The summed E-state index contributed by atoms with van der Waals surface area (Å²) in [5.74, 6) is 1.40. The van der Waals surface area contributed by atoms with Crippen molar-refractivity contribution in [3.8, 4) is 0 Å². The van der Waals surface area contributed by atoms with Gasteiger partial charge in [-0.3, -0.25) is 4.90 Å². The fourth-order valence-electron chi connectivity index (χ4n) is 3.50. The van der Waals surface area contributed by atoms with Gasteiger partial charge in [0.15, 0.2) is 0 Å². The Kier molecular flexibility index (Phi) is 6.23.